The molecule has 0 aromatic carbocycles. The fourth-order valence-electron chi connectivity index (χ4n) is 3.33. The van der Waals surface area contributed by atoms with Crippen molar-refractivity contribution in [2.75, 3.05) is 51.8 Å². The van der Waals surface area contributed by atoms with Gasteiger partial charge in [-0.15, -0.1) is 0 Å². The number of carbonyl (C=O) groups is 1. The summed E-state index contributed by atoms with van der Waals surface area (Å²) in [4.78, 5) is 23.9. The first-order chi connectivity index (χ1) is 13.5. The van der Waals surface area contributed by atoms with Gasteiger partial charge in [0.15, 0.2) is 17.6 Å². The van der Waals surface area contributed by atoms with Crippen LogP contribution in [0.4, 0.5) is 10.2 Å². The van der Waals surface area contributed by atoms with Gasteiger partial charge in [0.1, 0.15) is 6.54 Å². The number of likely N-dealkylation sites (N-methyl/N-ethyl adjacent to an activating group) is 1. The molecule has 0 bridgehead atoms. The standard InChI is InChI=1S/C19H29FN6O2/c1-25(2)17(27)12-23-19(22-11-15-5-4-10-28-15)24-14-7-9-26(13-14)18-16(20)6-3-8-21-18/h3,6,8,14-15H,4-5,7,9-13H2,1-2H3,(H2,22,23,24). The Balaban J connectivity index is 1.59. The lowest BCUT2D eigenvalue weighted by Crippen LogP contribution is -2.47. The summed E-state index contributed by atoms with van der Waals surface area (Å²) in [6, 6.07) is 3.10. The third kappa shape index (κ3) is 5.54. The van der Waals surface area contributed by atoms with Gasteiger partial charge in [-0.1, -0.05) is 0 Å². The lowest BCUT2D eigenvalue weighted by Gasteiger charge is -2.21. The first-order valence-corrected chi connectivity index (χ1v) is 9.75. The van der Waals surface area contributed by atoms with Crippen LogP contribution in [0, 0.1) is 5.82 Å². The first kappa shape index (κ1) is 20.3. The van der Waals surface area contributed by atoms with Crippen LogP contribution < -0.4 is 15.5 Å². The van der Waals surface area contributed by atoms with Gasteiger partial charge in [0.05, 0.1) is 6.10 Å². The van der Waals surface area contributed by atoms with Gasteiger partial charge in [-0.2, -0.15) is 0 Å². The smallest absolute Gasteiger partial charge is 0.243 e. The van der Waals surface area contributed by atoms with E-state index in [1.807, 2.05) is 4.90 Å². The van der Waals surface area contributed by atoms with Crippen LogP contribution in [0.5, 0.6) is 0 Å². The Kier molecular flexibility index (Phi) is 7.02. The van der Waals surface area contributed by atoms with E-state index in [0.717, 1.165) is 25.9 Å². The number of nitrogens with zero attached hydrogens (tertiary/aromatic N) is 4. The van der Waals surface area contributed by atoms with E-state index in [0.29, 0.717) is 31.4 Å². The summed E-state index contributed by atoms with van der Waals surface area (Å²) in [6.07, 6.45) is 4.69. The number of carbonyl (C=O) groups excluding carboxylic acids is 1. The van der Waals surface area contributed by atoms with Gasteiger partial charge in [0.25, 0.3) is 0 Å². The molecule has 8 nitrogen and oxygen atoms in total. The Morgan fingerprint density at radius 1 is 1.46 bits per heavy atom. The maximum atomic E-state index is 14.0. The number of hydrogen-bond acceptors (Lipinski definition) is 5. The highest BCUT2D eigenvalue weighted by molar-refractivity contribution is 5.85. The fraction of sp³-hybridized carbons (Fsp3) is 0.632. The van der Waals surface area contributed by atoms with Crippen molar-refractivity contribution in [2.24, 2.45) is 4.99 Å². The number of hydrogen-bond donors (Lipinski definition) is 2. The summed E-state index contributed by atoms with van der Waals surface area (Å²) >= 11 is 0. The van der Waals surface area contributed by atoms with E-state index in [2.05, 4.69) is 20.6 Å². The molecule has 1 aromatic rings. The van der Waals surface area contributed by atoms with Crippen molar-refractivity contribution >= 4 is 17.7 Å². The number of aromatic nitrogens is 1. The number of amides is 1. The second kappa shape index (κ2) is 9.68. The molecule has 3 rings (SSSR count). The van der Waals surface area contributed by atoms with Crippen LogP contribution in [0.15, 0.2) is 23.3 Å². The third-order valence-electron chi connectivity index (χ3n) is 4.96. The quantitative estimate of drug-likeness (QED) is 0.545. The predicted molar refractivity (Wildman–Crippen MR) is 106 cm³/mol. The Labute approximate surface area is 165 Å². The number of pyridine rings is 1. The monoisotopic (exact) mass is 392 g/mol. The molecule has 0 spiro atoms. The molecule has 2 aliphatic heterocycles. The zero-order valence-corrected chi connectivity index (χ0v) is 16.5. The second-order valence-corrected chi connectivity index (χ2v) is 7.35. The van der Waals surface area contributed by atoms with E-state index in [-0.39, 0.29) is 30.4 Å². The van der Waals surface area contributed by atoms with Crippen molar-refractivity contribution in [3.8, 4) is 0 Å². The molecule has 154 valence electrons. The van der Waals surface area contributed by atoms with E-state index in [9.17, 15) is 9.18 Å². The molecule has 1 aromatic heterocycles. The molecule has 1 amide bonds. The van der Waals surface area contributed by atoms with E-state index in [1.165, 1.54) is 11.0 Å². The van der Waals surface area contributed by atoms with Gasteiger partial charge in [0, 0.05) is 52.6 Å². The SMILES string of the molecule is CN(C)C(=O)CN=C(NCC1CCCO1)NC1CCN(c2ncccc2F)C1. The van der Waals surface area contributed by atoms with Gasteiger partial charge < -0.3 is 25.2 Å². The normalized spacial score (nSPS) is 22.4. The summed E-state index contributed by atoms with van der Waals surface area (Å²) in [5, 5.41) is 6.66. The lowest BCUT2D eigenvalue weighted by molar-refractivity contribution is -0.127. The highest BCUT2D eigenvalue weighted by atomic mass is 19.1. The van der Waals surface area contributed by atoms with Crippen molar-refractivity contribution in [3.05, 3.63) is 24.1 Å². The number of halogens is 1. The maximum Gasteiger partial charge on any atom is 0.243 e. The van der Waals surface area contributed by atoms with Crippen LogP contribution in [0.3, 0.4) is 0 Å². The number of aliphatic imine (C=N–C) groups is 1. The Hall–Kier alpha value is -2.42. The first-order valence-electron chi connectivity index (χ1n) is 9.75. The van der Waals surface area contributed by atoms with E-state index in [4.69, 9.17) is 4.74 Å². The molecule has 2 saturated heterocycles. The number of rotatable bonds is 6. The summed E-state index contributed by atoms with van der Waals surface area (Å²) in [5.41, 5.74) is 0. The summed E-state index contributed by atoms with van der Waals surface area (Å²) in [6.45, 7) is 2.84. The number of nitrogens with one attached hydrogen (secondary N) is 2. The molecule has 0 aliphatic carbocycles. The molecule has 3 heterocycles. The van der Waals surface area contributed by atoms with Crippen LogP contribution in [0.2, 0.25) is 0 Å². The molecule has 2 aliphatic rings. The topological polar surface area (TPSA) is 82.1 Å². The van der Waals surface area contributed by atoms with Crippen LogP contribution in [0.25, 0.3) is 0 Å². The highest BCUT2D eigenvalue weighted by Crippen LogP contribution is 2.20. The Morgan fingerprint density at radius 2 is 2.32 bits per heavy atom. The molecule has 2 unspecified atom stereocenters. The van der Waals surface area contributed by atoms with Crippen molar-refractivity contribution in [1.29, 1.82) is 0 Å². The minimum atomic E-state index is -0.315. The zero-order chi connectivity index (χ0) is 19.9. The number of guanidine groups is 1. The molecular formula is C19H29FN6O2. The summed E-state index contributed by atoms with van der Waals surface area (Å²) in [5.74, 6) is 0.575. The number of anilines is 1. The van der Waals surface area contributed by atoms with Gasteiger partial charge in [-0.3, -0.25) is 4.79 Å². The lowest BCUT2D eigenvalue weighted by atomic mass is 10.2. The van der Waals surface area contributed by atoms with E-state index >= 15 is 0 Å². The van der Waals surface area contributed by atoms with Crippen molar-refractivity contribution in [1.82, 2.24) is 20.5 Å². The van der Waals surface area contributed by atoms with Crippen LogP contribution in [0.1, 0.15) is 19.3 Å². The minimum Gasteiger partial charge on any atom is -0.376 e. The number of ether oxygens (including phenoxy) is 1. The van der Waals surface area contributed by atoms with Crippen LogP contribution in [-0.2, 0) is 9.53 Å². The molecule has 2 fully saturated rings. The minimum absolute atomic E-state index is 0.0678. The summed E-state index contributed by atoms with van der Waals surface area (Å²) < 4.78 is 19.6. The average molecular weight is 392 g/mol. The molecule has 2 atom stereocenters. The third-order valence-corrected chi connectivity index (χ3v) is 4.96. The maximum absolute atomic E-state index is 14.0. The van der Waals surface area contributed by atoms with Crippen molar-refractivity contribution in [3.63, 3.8) is 0 Å². The van der Waals surface area contributed by atoms with Gasteiger partial charge in [0.2, 0.25) is 5.91 Å². The molecule has 0 radical (unpaired) electrons. The van der Waals surface area contributed by atoms with E-state index in [1.54, 1.807) is 26.4 Å². The molecule has 0 saturated carbocycles. The summed E-state index contributed by atoms with van der Waals surface area (Å²) in [7, 11) is 3.42. The Bertz CT molecular complexity index is 693. The average Bonchev–Trinajstić information content (AvgIpc) is 3.36. The van der Waals surface area contributed by atoms with Crippen LogP contribution in [-0.4, -0.2) is 80.8 Å². The highest BCUT2D eigenvalue weighted by Gasteiger charge is 2.26. The van der Waals surface area contributed by atoms with Crippen molar-refractivity contribution in [2.45, 2.75) is 31.4 Å². The Morgan fingerprint density at radius 3 is 3.04 bits per heavy atom. The van der Waals surface area contributed by atoms with Gasteiger partial charge in [-0.05, 0) is 31.4 Å². The van der Waals surface area contributed by atoms with Gasteiger partial charge >= 0.3 is 0 Å². The fourth-order valence-corrected chi connectivity index (χ4v) is 3.33. The largest absolute Gasteiger partial charge is 0.376 e. The zero-order valence-electron chi connectivity index (χ0n) is 16.5. The van der Waals surface area contributed by atoms with E-state index < -0.39 is 0 Å². The molecule has 28 heavy (non-hydrogen) atoms. The predicted octanol–water partition coefficient (Wildman–Crippen LogP) is 0.602. The molecular weight excluding hydrogens is 363 g/mol. The molecule has 9 heteroatoms. The van der Waals surface area contributed by atoms with Crippen LogP contribution >= 0.6 is 0 Å². The van der Waals surface area contributed by atoms with Crippen molar-refractivity contribution < 1.29 is 13.9 Å². The van der Waals surface area contributed by atoms with Gasteiger partial charge in [-0.25, -0.2) is 14.4 Å². The second-order valence-electron chi connectivity index (χ2n) is 7.35. The molecule has 2 N–H and O–H groups in total.